The molecule has 0 saturated carbocycles. The van der Waals surface area contributed by atoms with E-state index >= 15 is 0 Å². The molecular formula is C14H30N2O. The van der Waals surface area contributed by atoms with Crippen LogP contribution in [0.3, 0.4) is 0 Å². The third-order valence-corrected chi connectivity index (χ3v) is 3.64. The predicted octanol–water partition coefficient (Wildman–Crippen LogP) is 2.27. The molecule has 0 aromatic carbocycles. The van der Waals surface area contributed by atoms with Crippen LogP contribution in [0.25, 0.3) is 0 Å². The van der Waals surface area contributed by atoms with Crippen molar-refractivity contribution in [3.8, 4) is 0 Å². The third kappa shape index (κ3) is 6.39. The van der Waals surface area contributed by atoms with Crippen LogP contribution in [-0.4, -0.2) is 50.3 Å². The monoisotopic (exact) mass is 242 g/mol. The molecule has 0 amide bonds. The van der Waals surface area contributed by atoms with Crippen LogP contribution in [0.15, 0.2) is 0 Å². The largest absolute Gasteiger partial charge is 0.385 e. The summed E-state index contributed by atoms with van der Waals surface area (Å²) in [5, 5.41) is 3.64. The molecule has 0 radical (unpaired) electrons. The Labute approximate surface area is 107 Å². The molecule has 1 N–H and O–H groups in total. The number of hydrogen-bond donors (Lipinski definition) is 1. The molecule has 1 aliphatic rings. The Bertz CT molecular complexity index is 179. The van der Waals surface area contributed by atoms with E-state index in [1.54, 1.807) is 7.11 Å². The maximum atomic E-state index is 5.10. The molecule has 3 heteroatoms. The summed E-state index contributed by atoms with van der Waals surface area (Å²) in [6, 6.07) is 1.37. The Hall–Kier alpha value is -0.120. The van der Waals surface area contributed by atoms with Gasteiger partial charge in [-0.1, -0.05) is 6.42 Å². The van der Waals surface area contributed by atoms with E-state index in [0.29, 0.717) is 12.1 Å². The van der Waals surface area contributed by atoms with Crippen molar-refractivity contribution < 1.29 is 4.74 Å². The molecule has 0 bridgehead atoms. The fourth-order valence-electron chi connectivity index (χ4n) is 2.48. The van der Waals surface area contributed by atoms with Crippen molar-refractivity contribution in [3.63, 3.8) is 0 Å². The number of piperidine rings is 1. The van der Waals surface area contributed by atoms with E-state index < -0.39 is 0 Å². The van der Waals surface area contributed by atoms with E-state index in [-0.39, 0.29) is 0 Å². The first-order chi connectivity index (χ1) is 8.24. The highest BCUT2D eigenvalue weighted by Gasteiger charge is 2.17. The average molecular weight is 242 g/mol. The van der Waals surface area contributed by atoms with Gasteiger partial charge in [-0.15, -0.1) is 0 Å². The van der Waals surface area contributed by atoms with Gasteiger partial charge in [0.25, 0.3) is 0 Å². The lowest BCUT2D eigenvalue weighted by molar-refractivity contribution is 0.161. The Balaban J connectivity index is 2.21. The minimum atomic E-state index is 0.654. The topological polar surface area (TPSA) is 24.5 Å². The highest BCUT2D eigenvalue weighted by Crippen LogP contribution is 2.11. The van der Waals surface area contributed by atoms with Crippen LogP contribution in [0.1, 0.15) is 46.0 Å². The van der Waals surface area contributed by atoms with Gasteiger partial charge in [-0.2, -0.15) is 0 Å². The number of methoxy groups -OCH3 is 1. The lowest BCUT2D eigenvalue weighted by atomic mass is 10.0. The number of nitrogens with one attached hydrogen (secondary N) is 1. The van der Waals surface area contributed by atoms with E-state index in [0.717, 1.165) is 6.61 Å². The van der Waals surface area contributed by atoms with Gasteiger partial charge < -0.3 is 10.1 Å². The standard InChI is InChI=1S/C14H30N2O/c1-13(2)16(10-6-7-11-17-3)12-14-8-4-5-9-15-14/h13-15H,4-12H2,1-3H3. The second-order valence-corrected chi connectivity index (χ2v) is 5.44. The van der Waals surface area contributed by atoms with Crippen molar-refractivity contribution in [1.29, 1.82) is 0 Å². The number of unbranched alkanes of at least 4 members (excludes halogenated alkanes) is 1. The normalized spacial score (nSPS) is 21.4. The molecule has 102 valence electrons. The van der Waals surface area contributed by atoms with E-state index in [1.807, 2.05) is 0 Å². The molecule has 1 unspecified atom stereocenters. The zero-order valence-corrected chi connectivity index (χ0v) is 11.9. The highest BCUT2D eigenvalue weighted by atomic mass is 16.5. The molecule has 0 aromatic rings. The van der Waals surface area contributed by atoms with Crippen LogP contribution in [-0.2, 0) is 4.74 Å². The fourth-order valence-corrected chi connectivity index (χ4v) is 2.48. The summed E-state index contributed by atoms with van der Waals surface area (Å²) in [6.45, 7) is 9.13. The molecule has 0 spiro atoms. The fraction of sp³-hybridized carbons (Fsp3) is 1.00. The van der Waals surface area contributed by atoms with Crippen LogP contribution in [0, 0.1) is 0 Å². The number of hydrogen-bond acceptors (Lipinski definition) is 3. The van der Waals surface area contributed by atoms with Crippen LogP contribution < -0.4 is 5.32 Å². The summed E-state index contributed by atoms with van der Waals surface area (Å²) >= 11 is 0. The maximum Gasteiger partial charge on any atom is 0.0462 e. The van der Waals surface area contributed by atoms with Gasteiger partial charge in [-0.05, 0) is 52.6 Å². The van der Waals surface area contributed by atoms with Crippen LogP contribution in [0.5, 0.6) is 0 Å². The lowest BCUT2D eigenvalue weighted by Gasteiger charge is -2.33. The molecule has 1 atom stereocenters. The van der Waals surface area contributed by atoms with Crippen molar-refractivity contribution >= 4 is 0 Å². The Morgan fingerprint density at radius 1 is 1.29 bits per heavy atom. The first-order valence-electron chi connectivity index (χ1n) is 7.20. The minimum absolute atomic E-state index is 0.654. The molecule has 1 fully saturated rings. The minimum Gasteiger partial charge on any atom is -0.385 e. The van der Waals surface area contributed by atoms with Gasteiger partial charge in [0, 0.05) is 32.3 Å². The van der Waals surface area contributed by atoms with Crippen LogP contribution in [0.2, 0.25) is 0 Å². The molecule has 0 aliphatic carbocycles. The quantitative estimate of drug-likeness (QED) is 0.661. The van der Waals surface area contributed by atoms with Crippen molar-refractivity contribution in [2.45, 2.75) is 58.0 Å². The van der Waals surface area contributed by atoms with E-state index in [1.165, 1.54) is 51.7 Å². The summed E-state index contributed by atoms with van der Waals surface area (Å²) < 4.78 is 5.10. The van der Waals surface area contributed by atoms with Crippen LogP contribution >= 0.6 is 0 Å². The first kappa shape index (κ1) is 14.9. The SMILES string of the molecule is COCCCCN(CC1CCCCN1)C(C)C. The number of ether oxygens (including phenoxy) is 1. The molecule has 3 nitrogen and oxygen atoms in total. The van der Waals surface area contributed by atoms with Gasteiger partial charge in [-0.3, -0.25) is 4.90 Å². The molecule has 1 aliphatic heterocycles. The van der Waals surface area contributed by atoms with Crippen molar-refractivity contribution in [1.82, 2.24) is 10.2 Å². The van der Waals surface area contributed by atoms with E-state index in [4.69, 9.17) is 4.74 Å². The summed E-state index contributed by atoms with van der Waals surface area (Å²) in [7, 11) is 1.78. The number of nitrogens with zero attached hydrogens (tertiary/aromatic N) is 1. The summed E-state index contributed by atoms with van der Waals surface area (Å²) in [6.07, 6.45) is 6.52. The molecule has 17 heavy (non-hydrogen) atoms. The number of rotatable bonds is 8. The Morgan fingerprint density at radius 3 is 2.71 bits per heavy atom. The Morgan fingerprint density at radius 2 is 2.12 bits per heavy atom. The summed E-state index contributed by atoms with van der Waals surface area (Å²) in [4.78, 5) is 2.61. The highest BCUT2D eigenvalue weighted by molar-refractivity contribution is 4.77. The van der Waals surface area contributed by atoms with Crippen LogP contribution in [0.4, 0.5) is 0 Å². The van der Waals surface area contributed by atoms with Gasteiger partial charge in [0.2, 0.25) is 0 Å². The second kappa shape index (κ2) is 8.90. The van der Waals surface area contributed by atoms with E-state index in [9.17, 15) is 0 Å². The van der Waals surface area contributed by atoms with Gasteiger partial charge in [0.1, 0.15) is 0 Å². The molecule has 1 heterocycles. The Kier molecular flexibility index (Phi) is 7.82. The lowest BCUT2D eigenvalue weighted by Crippen LogP contribution is -2.46. The molecular weight excluding hydrogens is 212 g/mol. The first-order valence-corrected chi connectivity index (χ1v) is 7.20. The van der Waals surface area contributed by atoms with Crippen molar-refractivity contribution in [2.75, 3.05) is 33.4 Å². The zero-order chi connectivity index (χ0) is 12.5. The van der Waals surface area contributed by atoms with Crippen molar-refractivity contribution in [3.05, 3.63) is 0 Å². The molecule has 1 rings (SSSR count). The summed E-state index contributed by atoms with van der Waals surface area (Å²) in [5.74, 6) is 0. The van der Waals surface area contributed by atoms with E-state index in [2.05, 4.69) is 24.1 Å². The smallest absolute Gasteiger partial charge is 0.0462 e. The second-order valence-electron chi connectivity index (χ2n) is 5.44. The summed E-state index contributed by atoms with van der Waals surface area (Å²) in [5.41, 5.74) is 0. The maximum absolute atomic E-state index is 5.10. The van der Waals surface area contributed by atoms with Gasteiger partial charge in [-0.25, -0.2) is 0 Å². The molecule has 1 saturated heterocycles. The molecule has 0 aromatic heterocycles. The zero-order valence-electron chi connectivity index (χ0n) is 11.9. The van der Waals surface area contributed by atoms with Gasteiger partial charge in [0.05, 0.1) is 0 Å². The van der Waals surface area contributed by atoms with Gasteiger partial charge >= 0.3 is 0 Å². The van der Waals surface area contributed by atoms with Crippen molar-refractivity contribution in [2.24, 2.45) is 0 Å². The third-order valence-electron chi connectivity index (χ3n) is 3.64. The predicted molar refractivity (Wildman–Crippen MR) is 73.5 cm³/mol. The van der Waals surface area contributed by atoms with Gasteiger partial charge in [0.15, 0.2) is 0 Å². The average Bonchev–Trinajstić information content (AvgIpc) is 2.34.